The molecule has 0 aliphatic heterocycles. The Morgan fingerprint density at radius 1 is 0.390 bits per heavy atom. The van der Waals surface area contributed by atoms with Crippen LogP contribution in [0.15, 0.2) is 154 Å². The van der Waals surface area contributed by atoms with Gasteiger partial charge in [0.25, 0.3) is 0 Å². The van der Waals surface area contributed by atoms with E-state index in [0.717, 1.165) is 66.6 Å². The Kier molecular flexibility index (Phi) is 12.5. The molecule has 2 aliphatic carbocycles. The molecule has 14 rings (SSSR count). The van der Waals surface area contributed by atoms with E-state index in [4.69, 9.17) is 8.83 Å². The molecule has 0 amide bonds. The zero-order valence-corrected chi connectivity index (χ0v) is 50.5. The van der Waals surface area contributed by atoms with Gasteiger partial charge in [-0.15, -0.1) is 0 Å². The normalized spacial score (nSPS) is 15.0. The summed E-state index contributed by atoms with van der Waals surface area (Å²) in [5.74, 6) is 1.69. The van der Waals surface area contributed by atoms with Gasteiger partial charge in [0.05, 0.1) is 22.7 Å². The summed E-state index contributed by atoms with van der Waals surface area (Å²) in [5, 5.41) is 12.3. The van der Waals surface area contributed by atoms with E-state index in [1.54, 1.807) is 0 Å². The predicted octanol–water partition coefficient (Wildman–Crippen LogP) is 24.1. The number of fused-ring (bicyclic) bond motifs is 6. The van der Waals surface area contributed by atoms with E-state index in [1.807, 2.05) is 0 Å². The zero-order chi connectivity index (χ0) is 56.7. The minimum atomic E-state index is -0.105. The zero-order valence-electron chi connectivity index (χ0n) is 50.5. The van der Waals surface area contributed by atoms with Crippen LogP contribution in [0, 0.1) is 13.8 Å². The number of aryl methyl sites for hydroxylation is 2. The van der Waals surface area contributed by atoms with Gasteiger partial charge in [-0.3, -0.25) is 0 Å². The lowest BCUT2D eigenvalue weighted by atomic mass is 9.84. The third-order valence-electron chi connectivity index (χ3n) is 19.3. The molecule has 2 aliphatic rings. The maximum absolute atomic E-state index is 7.39. The molecule has 0 saturated heterocycles. The molecule has 0 atom stereocenters. The highest BCUT2D eigenvalue weighted by molar-refractivity contribution is 6.30. The van der Waals surface area contributed by atoms with E-state index in [2.05, 4.69) is 238 Å². The van der Waals surface area contributed by atoms with Crippen LogP contribution in [0.5, 0.6) is 0 Å². The maximum atomic E-state index is 7.39. The summed E-state index contributed by atoms with van der Waals surface area (Å²) < 4.78 is 14.8. The number of hydrogen-bond donors (Lipinski definition) is 0. The van der Waals surface area contributed by atoms with Gasteiger partial charge in [0.1, 0.15) is 11.2 Å². The molecule has 0 bridgehead atoms. The number of furan rings is 2. The van der Waals surface area contributed by atoms with E-state index in [1.165, 1.54) is 140 Å². The molecule has 414 valence electrons. The smallest absolute Gasteiger partial charge is 0.159 e. The molecule has 0 radical (unpaired) electrons. The first-order valence-electron chi connectivity index (χ1n) is 30.9. The third-order valence-corrected chi connectivity index (χ3v) is 19.3. The van der Waals surface area contributed by atoms with Crippen molar-refractivity contribution in [2.24, 2.45) is 0 Å². The highest BCUT2D eigenvalue weighted by atomic mass is 16.3. The van der Waals surface area contributed by atoms with Gasteiger partial charge in [0.2, 0.25) is 0 Å². The minimum Gasteiger partial charge on any atom is -0.454 e. The summed E-state index contributed by atoms with van der Waals surface area (Å²) in [6, 6.07) is 56.8. The number of anilines is 6. The molecular weight excluding hydrogens is 997 g/mol. The van der Waals surface area contributed by atoms with Gasteiger partial charge in [-0.05, 0) is 165 Å². The van der Waals surface area contributed by atoms with Crippen molar-refractivity contribution in [2.45, 2.75) is 169 Å². The highest BCUT2D eigenvalue weighted by Gasteiger charge is 2.32. The fourth-order valence-electron chi connectivity index (χ4n) is 15.1. The number of benzene rings is 10. The Labute approximate surface area is 485 Å². The Morgan fingerprint density at radius 3 is 1.09 bits per heavy atom. The summed E-state index contributed by atoms with van der Waals surface area (Å²) in [6.45, 7) is 27.8. The van der Waals surface area contributed by atoms with Crippen molar-refractivity contribution < 1.29 is 8.83 Å². The van der Waals surface area contributed by atoms with Gasteiger partial charge in [0, 0.05) is 54.8 Å². The molecule has 4 nitrogen and oxygen atoms in total. The van der Waals surface area contributed by atoms with Crippen molar-refractivity contribution in [1.29, 1.82) is 0 Å². The van der Waals surface area contributed by atoms with Crippen LogP contribution in [0.4, 0.5) is 34.1 Å². The molecular formula is C78H80N2O2. The topological polar surface area (TPSA) is 32.8 Å². The summed E-state index contributed by atoms with van der Waals surface area (Å²) in [5.41, 5.74) is 20.7. The molecule has 2 fully saturated rings. The fourth-order valence-corrected chi connectivity index (χ4v) is 15.1. The van der Waals surface area contributed by atoms with Crippen LogP contribution in [0.3, 0.4) is 0 Å². The molecule has 82 heavy (non-hydrogen) atoms. The molecule has 12 aromatic rings. The first kappa shape index (κ1) is 52.5. The Bertz CT molecular complexity index is 4160. The van der Waals surface area contributed by atoms with Crippen molar-refractivity contribution in [2.75, 3.05) is 9.80 Å². The van der Waals surface area contributed by atoms with Crippen LogP contribution in [0.25, 0.3) is 76.2 Å². The minimum absolute atomic E-state index is 0.105. The van der Waals surface area contributed by atoms with Crippen LogP contribution in [0.2, 0.25) is 0 Å². The van der Waals surface area contributed by atoms with Crippen molar-refractivity contribution in [3.63, 3.8) is 0 Å². The summed E-state index contributed by atoms with van der Waals surface area (Å²) in [6.07, 6.45) is 10.3. The van der Waals surface area contributed by atoms with Crippen LogP contribution < -0.4 is 9.80 Å². The SMILES string of the molecule is Cc1ccc2c(oc3c(C(C)(C)C)cccc32)c1N(c1ccc(C2CCCC2)cc1)c1cc(C(C)C)c2ccc3c(N(c4ccc(C5CCCC5)cc4)c4c(C)ccc5c4oc4c(C(C)(C)C)cccc45)cc(C(C)C)c4ccc1c2c43. The van der Waals surface area contributed by atoms with Crippen molar-refractivity contribution in [3.05, 3.63) is 190 Å². The molecule has 0 spiro atoms. The van der Waals surface area contributed by atoms with Gasteiger partial charge in [-0.25, -0.2) is 0 Å². The molecule has 4 heteroatoms. The van der Waals surface area contributed by atoms with E-state index in [0.29, 0.717) is 11.8 Å². The standard InChI is InChI=1S/C78H80N2O2/c1-45(2)63-43-67(79(53-33-29-51(30-34-53)49-19-13-14-20-49)71-47(5)27-37-59-57-23-17-25-65(77(7,8)9)73(57)81-75(59)71)61-42-40-56-64(46(3)4)44-68(62-41-39-55(63)69(61)70(56)62)80(54-35-31-52(32-36-54)50-21-15-16-22-50)72-48(6)28-38-60-58-24-18-26-66(78(10,11)12)74(58)82-76(60)72/h17-18,23-46,49-50H,13-16,19-22H2,1-12H3. The first-order valence-corrected chi connectivity index (χ1v) is 30.9. The van der Waals surface area contributed by atoms with Crippen LogP contribution in [-0.2, 0) is 10.8 Å². The quantitative estimate of drug-likeness (QED) is 0.128. The number of nitrogens with zero attached hydrogens (tertiary/aromatic N) is 2. The van der Waals surface area contributed by atoms with E-state index in [-0.39, 0.29) is 22.7 Å². The molecule has 10 aromatic carbocycles. The van der Waals surface area contributed by atoms with Crippen LogP contribution in [0.1, 0.15) is 189 Å². The van der Waals surface area contributed by atoms with Gasteiger partial charge < -0.3 is 18.6 Å². The Balaban J connectivity index is 1.08. The molecule has 0 N–H and O–H groups in total. The lowest BCUT2D eigenvalue weighted by Gasteiger charge is -2.32. The van der Waals surface area contributed by atoms with Gasteiger partial charge >= 0.3 is 0 Å². The van der Waals surface area contributed by atoms with E-state index >= 15 is 0 Å². The second kappa shape index (κ2) is 19.5. The number of hydrogen-bond acceptors (Lipinski definition) is 4. The summed E-state index contributed by atoms with van der Waals surface area (Å²) in [7, 11) is 0. The Hall–Kier alpha value is -7.56. The highest BCUT2D eigenvalue weighted by Crippen LogP contribution is 2.55. The third kappa shape index (κ3) is 8.35. The molecule has 0 unspecified atom stereocenters. The van der Waals surface area contributed by atoms with Gasteiger partial charge in [0.15, 0.2) is 11.2 Å². The largest absolute Gasteiger partial charge is 0.454 e. The van der Waals surface area contributed by atoms with E-state index < -0.39 is 0 Å². The van der Waals surface area contributed by atoms with Gasteiger partial charge in [-0.2, -0.15) is 0 Å². The molecule has 2 aromatic heterocycles. The monoisotopic (exact) mass is 1080 g/mol. The van der Waals surface area contributed by atoms with Crippen molar-refractivity contribution in [3.8, 4) is 0 Å². The lowest BCUT2D eigenvalue weighted by molar-refractivity contribution is 0.572. The predicted molar refractivity (Wildman–Crippen MR) is 352 cm³/mol. The number of rotatable bonds is 10. The maximum Gasteiger partial charge on any atom is 0.159 e. The summed E-state index contributed by atoms with van der Waals surface area (Å²) >= 11 is 0. The molecule has 2 saturated carbocycles. The fraction of sp³-hybridized carbons (Fsp3) is 0.333. The van der Waals surface area contributed by atoms with Crippen molar-refractivity contribution in [1.82, 2.24) is 0 Å². The van der Waals surface area contributed by atoms with Gasteiger partial charge in [-0.1, -0.05) is 204 Å². The van der Waals surface area contributed by atoms with Crippen LogP contribution >= 0.6 is 0 Å². The average Bonchev–Trinajstić information content (AvgIpc) is 1.92. The lowest BCUT2D eigenvalue weighted by Crippen LogP contribution is -2.14. The molecule has 2 heterocycles. The van der Waals surface area contributed by atoms with Crippen LogP contribution in [-0.4, -0.2) is 0 Å². The second-order valence-corrected chi connectivity index (χ2v) is 27.5. The average molecular weight is 1080 g/mol. The Morgan fingerprint density at radius 2 is 0.732 bits per heavy atom. The first-order chi connectivity index (χ1) is 39.4. The number of para-hydroxylation sites is 2. The van der Waals surface area contributed by atoms with E-state index in [9.17, 15) is 0 Å². The van der Waals surface area contributed by atoms with Crippen molar-refractivity contribution >= 4 is 110 Å². The summed E-state index contributed by atoms with van der Waals surface area (Å²) in [4.78, 5) is 5.15. The second-order valence-electron chi connectivity index (χ2n) is 27.5.